The minimum Gasteiger partial charge on any atom is -0.353 e. The van der Waals surface area contributed by atoms with Crippen LogP contribution in [0.1, 0.15) is 30.9 Å². The quantitative estimate of drug-likeness (QED) is 0.804. The van der Waals surface area contributed by atoms with Crippen LogP contribution in [0, 0.1) is 11.3 Å². The Labute approximate surface area is 136 Å². The molecule has 0 radical (unpaired) electrons. The molecule has 0 amide bonds. The van der Waals surface area contributed by atoms with Gasteiger partial charge in [-0.2, -0.15) is 18.4 Å². The number of Topliss-reactive ketones (excluding diaryl/α,β-unsaturated/α-hetero) is 1. The summed E-state index contributed by atoms with van der Waals surface area (Å²) < 4.78 is 40.0. The fourth-order valence-electron chi connectivity index (χ4n) is 2.71. The van der Waals surface area contributed by atoms with E-state index >= 15 is 0 Å². The zero-order chi connectivity index (χ0) is 17.4. The Morgan fingerprint density at radius 1 is 1.35 bits per heavy atom. The Morgan fingerprint density at radius 2 is 1.96 bits per heavy atom. The maximum Gasteiger partial charge on any atom is 0.416 e. The van der Waals surface area contributed by atoms with E-state index in [1.165, 1.54) is 25.1 Å². The van der Waals surface area contributed by atoms with Crippen molar-refractivity contribution >= 4 is 18.4 Å². The van der Waals surface area contributed by atoms with Crippen molar-refractivity contribution in [2.45, 2.75) is 25.9 Å². The number of rotatable bonds is 2. The van der Waals surface area contributed by atoms with Gasteiger partial charge in [-0.1, -0.05) is 18.2 Å². The van der Waals surface area contributed by atoms with Crippen molar-refractivity contribution < 1.29 is 18.0 Å². The normalized spacial score (nSPS) is 18.6. The Hall–Kier alpha value is -2.20. The maximum absolute atomic E-state index is 13.3. The van der Waals surface area contributed by atoms with E-state index in [4.69, 9.17) is 0 Å². The van der Waals surface area contributed by atoms with E-state index in [-0.39, 0.29) is 21.7 Å². The number of nitrogens with zero attached hydrogens (tertiary/aromatic N) is 1. The molecule has 7 heteroatoms. The number of thiol groups is 1. The van der Waals surface area contributed by atoms with E-state index < -0.39 is 23.4 Å². The summed E-state index contributed by atoms with van der Waals surface area (Å²) in [6.07, 6.45) is -4.59. The number of dihydropyridines is 1. The van der Waals surface area contributed by atoms with Crippen LogP contribution in [-0.4, -0.2) is 5.78 Å². The molecular weight excluding hydrogens is 325 g/mol. The Kier molecular flexibility index (Phi) is 4.57. The molecule has 120 valence electrons. The van der Waals surface area contributed by atoms with Crippen molar-refractivity contribution in [1.82, 2.24) is 5.32 Å². The predicted molar refractivity (Wildman–Crippen MR) is 82.3 cm³/mol. The van der Waals surface area contributed by atoms with Gasteiger partial charge in [0.1, 0.15) is 0 Å². The lowest BCUT2D eigenvalue weighted by atomic mass is 9.79. The van der Waals surface area contributed by atoms with Gasteiger partial charge in [0, 0.05) is 11.3 Å². The number of carbonyl (C=O) groups is 1. The molecule has 23 heavy (non-hydrogen) atoms. The fraction of sp³-hybridized carbons (Fsp3) is 0.250. The number of nitriles is 1. The van der Waals surface area contributed by atoms with Crippen LogP contribution in [0.5, 0.6) is 0 Å². The summed E-state index contributed by atoms with van der Waals surface area (Å²) >= 11 is 4.14. The highest BCUT2D eigenvalue weighted by atomic mass is 32.1. The van der Waals surface area contributed by atoms with Crippen LogP contribution in [0.4, 0.5) is 13.2 Å². The number of allylic oxidation sites excluding steroid dienone is 3. The summed E-state index contributed by atoms with van der Waals surface area (Å²) in [5.74, 6) is -1.49. The molecule has 1 aromatic carbocycles. The third-order valence-electron chi connectivity index (χ3n) is 3.62. The van der Waals surface area contributed by atoms with E-state index in [0.717, 1.165) is 6.07 Å². The molecule has 0 bridgehead atoms. The second-order valence-electron chi connectivity index (χ2n) is 5.11. The van der Waals surface area contributed by atoms with Gasteiger partial charge in [-0.25, -0.2) is 0 Å². The van der Waals surface area contributed by atoms with E-state index in [0.29, 0.717) is 5.70 Å². The zero-order valence-electron chi connectivity index (χ0n) is 12.3. The lowest BCUT2D eigenvalue weighted by Gasteiger charge is -2.29. The average Bonchev–Trinajstić information content (AvgIpc) is 2.45. The summed E-state index contributed by atoms with van der Waals surface area (Å²) in [7, 11) is 0. The molecule has 1 aliphatic heterocycles. The van der Waals surface area contributed by atoms with Gasteiger partial charge < -0.3 is 5.32 Å². The van der Waals surface area contributed by atoms with Crippen LogP contribution in [0.15, 0.2) is 46.1 Å². The van der Waals surface area contributed by atoms with E-state index in [9.17, 15) is 23.2 Å². The van der Waals surface area contributed by atoms with E-state index in [1.54, 1.807) is 6.92 Å². The lowest BCUT2D eigenvalue weighted by molar-refractivity contribution is -0.138. The topological polar surface area (TPSA) is 52.9 Å². The van der Waals surface area contributed by atoms with Crippen LogP contribution in [0.3, 0.4) is 0 Å². The molecule has 1 aliphatic rings. The van der Waals surface area contributed by atoms with Gasteiger partial charge >= 0.3 is 6.18 Å². The van der Waals surface area contributed by atoms with Crippen LogP contribution >= 0.6 is 12.6 Å². The molecule has 1 atom stereocenters. The highest BCUT2D eigenvalue weighted by Gasteiger charge is 2.39. The number of carbonyl (C=O) groups excluding carboxylic acids is 1. The minimum absolute atomic E-state index is 0.0131. The predicted octanol–water partition coefficient (Wildman–Crippen LogP) is 3.92. The Balaban J connectivity index is 2.79. The second kappa shape index (κ2) is 6.13. The molecule has 3 nitrogen and oxygen atoms in total. The van der Waals surface area contributed by atoms with Gasteiger partial charge in [0.2, 0.25) is 0 Å². The number of hydrogen-bond donors (Lipinski definition) is 2. The molecule has 0 aliphatic carbocycles. The number of alkyl halides is 3. The van der Waals surface area contributed by atoms with Gasteiger partial charge in [-0.3, -0.25) is 4.79 Å². The summed E-state index contributed by atoms with van der Waals surface area (Å²) in [5, 5.41) is 12.3. The van der Waals surface area contributed by atoms with Crippen LogP contribution in [0.2, 0.25) is 0 Å². The zero-order valence-corrected chi connectivity index (χ0v) is 13.2. The third-order valence-corrected chi connectivity index (χ3v) is 3.97. The van der Waals surface area contributed by atoms with E-state index in [1.807, 2.05) is 6.07 Å². The number of hydrogen-bond acceptors (Lipinski definition) is 4. The molecule has 0 aromatic heterocycles. The van der Waals surface area contributed by atoms with Gasteiger partial charge in [0.15, 0.2) is 5.78 Å². The third kappa shape index (κ3) is 3.13. The van der Waals surface area contributed by atoms with Gasteiger partial charge in [-0.05, 0) is 25.5 Å². The number of benzene rings is 1. The maximum atomic E-state index is 13.3. The largest absolute Gasteiger partial charge is 0.416 e. The molecule has 1 aromatic rings. The molecule has 0 fully saturated rings. The van der Waals surface area contributed by atoms with Crippen molar-refractivity contribution in [2.75, 3.05) is 0 Å². The Morgan fingerprint density at radius 3 is 2.48 bits per heavy atom. The van der Waals surface area contributed by atoms with Crippen LogP contribution in [0.25, 0.3) is 0 Å². The first-order chi connectivity index (χ1) is 10.7. The molecule has 0 unspecified atom stereocenters. The summed E-state index contributed by atoms with van der Waals surface area (Å²) in [6.45, 7) is 2.84. The fourth-order valence-corrected chi connectivity index (χ4v) is 3.06. The summed E-state index contributed by atoms with van der Waals surface area (Å²) in [5.41, 5.74) is -0.484. The molecule has 0 spiro atoms. The average molecular weight is 338 g/mol. The van der Waals surface area contributed by atoms with Gasteiger partial charge in [0.05, 0.1) is 28.2 Å². The summed E-state index contributed by atoms with van der Waals surface area (Å²) in [4.78, 5) is 12.0. The molecule has 0 saturated carbocycles. The van der Waals surface area contributed by atoms with Crippen molar-refractivity contribution in [1.29, 1.82) is 5.26 Å². The van der Waals surface area contributed by atoms with Crippen molar-refractivity contribution in [3.05, 3.63) is 57.3 Å². The first-order valence-electron chi connectivity index (χ1n) is 6.66. The minimum atomic E-state index is -4.59. The smallest absolute Gasteiger partial charge is 0.353 e. The second-order valence-corrected chi connectivity index (χ2v) is 5.56. The highest BCUT2D eigenvalue weighted by molar-refractivity contribution is 7.84. The standard InChI is InChI=1S/C16H13F3N2OS/c1-8-13(9(2)22)14(11(7-20)15(23)21-8)10-5-3-4-6-12(10)16(17,18)19/h3-6,14,21,23H,1-2H3/t14-/m0/s1. The van der Waals surface area contributed by atoms with Gasteiger partial charge in [0.25, 0.3) is 0 Å². The highest BCUT2D eigenvalue weighted by Crippen LogP contribution is 2.44. The first-order valence-corrected chi connectivity index (χ1v) is 7.11. The van der Waals surface area contributed by atoms with Crippen molar-refractivity contribution in [2.24, 2.45) is 0 Å². The van der Waals surface area contributed by atoms with Crippen LogP contribution in [-0.2, 0) is 11.0 Å². The molecule has 1 heterocycles. The SMILES string of the molecule is CC(=O)C1=C(C)NC(S)=C(C#N)[C@@H]1c1ccccc1C(F)(F)F. The van der Waals surface area contributed by atoms with Gasteiger partial charge in [-0.15, -0.1) is 12.6 Å². The number of ketones is 1. The van der Waals surface area contributed by atoms with Crippen molar-refractivity contribution in [3.63, 3.8) is 0 Å². The molecule has 0 saturated heterocycles. The molecule has 2 rings (SSSR count). The number of nitrogens with one attached hydrogen (secondary N) is 1. The molecular formula is C16H13F3N2OS. The van der Waals surface area contributed by atoms with Crippen molar-refractivity contribution in [3.8, 4) is 6.07 Å². The molecule has 1 N–H and O–H groups in total. The van der Waals surface area contributed by atoms with E-state index in [2.05, 4.69) is 17.9 Å². The van der Waals surface area contributed by atoms with Crippen LogP contribution < -0.4 is 5.32 Å². The monoisotopic (exact) mass is 338 g/mol. The number of halogens is 3. The Bertz CT molecular complexity index is 772. The summed E-state index contributed by atoms with van der Waals surface area (Å²) in [6, 6.07) is 6.82. The first kappa shape index (κ1) is 17.2. The lowest BCUT2D eigenvalue weighted by Crippen LogP contribution is -2.27.